The summed E-state index contributed by atoms with van der Waals surface area (Å²) in [7, 11) is 0. The molecule has 0 saturated carbocycles. The number of nitrogens with zero attached hydrogens (tertiary/aromatic N) is 2. The number of thioether (sulfide) groups is 1. The lowest BCUT2D eigenvalue weighted by Crippen LogP contribution is -1.98. The molecule has 1 heterocycles. The average Bonchev–Trinajstić information content (AvgIpc) is 2.70. The molecule has 90 valence electrons. The van der Waals surface area contributed by atoms with Gasteiger partial charge in [-0.2, -0.15) is 0 Å². The maximum absolute atomic E-state index is 10.3. The Labute approximate surface area is 97.8 Å². The van der Waals surface area contributed by atoms with Gasteiger partial charge in [0, 0.05) is 19.6 Å². The van der Waals surface area contributed by atoms with Gasteiger partial charge in [-0.1, -0.05) is 11.8 Å². The van der Waals surface area contributed by atoms with Crippen LogP contribution in [0.25, 0.3) is 0 Å². The summed E-state index contributed by atoms with van der Waals surface area (Å²) in [4.78, 5) is 14.5. The first-order chi connectivity index (χ1) is 7.72. The van der Waals surface area contributed by atoms with E-state index in [1.54, 1.807) is 0 Å². The van der Waals surface area contributed by atoms with E-state index in [9.17, 15) is 4.79 Å². The van der Waals surface area contributed by atoms with Crippen molar-refractivity contribution < 1.29 is 14.6 Å². The Morgan fingerprint density at radius 1 is 1.62 bits per heavy atom. The Hall–Kier alpha value is -1.08. The summed E-state index contributed by atoms with van der Waals surface area (Å²) >= 11 is 1.11. The zero-order valence-corrected chi connectivity index (χ0v) is 9.92. The molecule has 0 unspecified atom stereocenters. The molecule has 1 aromatic heterocycles. The van der Waals surface area contributed by atoms with Crippen LogP contribution < -0.4 is 0 Å². The molecular formula is C9H15N3O3S. The quantitative estimate of drug-likeness (QED) is 0.523. The predicted octanol–water partition coefficient (Wildman–Crippen LogP) is 0.950. The molecule has 0 spiro atoms. The molecule has 0 saturated heterocycles. The standard InChI is InChI=1S/C9H15N3O3S/c1-2-15-5-3-4-7-10-9(12-11-7)16-6-8(13)14/h2-6H2,1H3,(H,13,14)(H,10,11,12). The van der Waals surface area contributed by atoms with Gasteiger partial charge in [-0.05, 0) is 13.3 Å². The second-order valence-electron chi connectivity index (χ2n) is 3.05. The smallest absolute Gasteiger partial charge is 0.313 e. The van der Waals surface area contributed by atoms with Crippen molar-refractivity contribution in [3.63, 3.8) is 0 Å². The molecule has 6 nitrogen and oxygen atoms in total. The minimum absolute atomic E-state index is 0.0176. The number of hydrogen-bond acceptors (Lipinski definition) is 5. The molecule has 1 rings (SSSR count). The number of carbonyl (C=O) groups is 1. The van der Waals surface area contributed by atoms with Gasteiger partial charge in [0.25, 0.3) is 0 Å². The molecule has 0 aliphatic rings. The highest BCUT2D eigenvalue weighted by atomic mass is 32.2. The molecule has 0 amide bonds. The Morgan fingerprint density at radius 2 is 2.44 bits per heavy atom. The van der Waals surface area contributed by atoms with E-state index in [-0.39, 0.29) is 5.75 Å². The molecule has 0 aliphatic carbocycles. The Kier molecular flexibility index (Phi) is 5.87. The molecule has 0 radical (unpaired) electrons. The largest absolute Gasteiger partial charge is 0.481 e. The first-order valence-electron chi connectivity index (χ1n) is 5.06. The highest BCUT2D eigenvalue weighted by Crippen LogP contribution is 2.12. The molecule has 0 fully saturated rings. The summed E-state index contributed by atoms with van der Waals surface area (Å²) in [5.41, 5.74) is 0. The van der Waals surface area contributed by atoms with E-state index < -0.39 is 5.97 Å². The number of carboxylic acid groups (broad SMARTS) is 1. The summed E-state index contributed by atoms with van der Waals surface area (Å²) in [5, 5.41) is 15.6. The molecule has 16 heavy (non-hydrogen) atoms. The number of aliphatic carboxylic acids is 1. The molecule has 7 heteroatoms. The van der Waals surface area contributed by atoms with Crippen LogP contribution in [0, 0.1) is 0 Å². The van der Waals surface area contributed by atoms with Crippen molar-refractivity contribution in [2.45, 2.75) is 24.9 Å². The van der Waals surface area contributed by atoms with Gasteiger partial charge in [-0.3, -0.25) is 9.89 Å². The van der Waals surface area contributed by atoms with Gasteiger partial charge < -0.3 is 9.84 Å². The van der Waals surface area contributed by atoms with Crippen molar-refractivity contribution >= 4 is 17.7 Å². The molecule has 0 aliphatic heterocycles. The van der Waals surface area contributed by atoms with E-state index in [0.717, 1.165) is 37.0 Å². The topological polar surface area (TPSA) is 88.1 Å². The van der Waals surface area contributed by atoms with Gasteiger partial charge in [0.05, 0.1) is 5.75 Å². The van der Waals surface area contributed by atoms with E-state index in [1.165, 1.54) is 0 Å². The summed E-state index contributed by atoms with van der Waals surface area (Å²) in [6.07, 6.45) is 1.65. The number of H-pyrrole nitrogens is 1. The second kappa shape index (κ2) is 7.24. The number of hydrogen-bond donors (Lipinski definition) is 2. The number of aryl methyl sites for hydroxylation is 1. The minimum Gasteiger partial charge on any atom is -0.481 e. The van der Waals surface area contributed by atoms with Crippen molar-refractivity contribution in [1.82, 2.24) is 15.2 Å². The first-order valence-corrected chi connectivity index (χ1v) is 6.04. The number of aromatic amines is 1. The lowest BCUT2D eigenvalue weighted by Gasteiger charge is -1.97. The third-order valence-electron chi connectivity index (χ3n) is 1.74. The van der Waals surface area contributed by atoms with Crippen LogP contribution >= 0.6 is 11.8 Å². The van der Waals surface area contributed by atoms with E-state index >= 15 is 0 Å². The summed E-state index contributed by atoms with van der Waals surface area (Å²) in [6, 6.07) is 0. The van der Waals surface area contributed by atoms with E-state index in [4.69, 9.17) is 9.84 Å². The van der Waals surface area contributed by atoms with Gasteiger partial charge in [0.15, 0.2) is 0 Å². The maximum Gasteiger partial charge on any atom is 0.313 e. The van der Waals surface area contributed by atoms with Gasteiger partial charge in [0.2, 0.25) is 5.16 Å². The number of ether oxygens (including phenoxy) is 1. The molecule has 0 aromatic carbocycles. The van der Waals surface area contributed by atoms with Gasteiger partial charge >= 0.3 is 5.97 Å². The van der Waals surface area contributed by atoms with Gasteiger partial charge in [0.1, 0.15) is 5.82 Å². The molecular weight excluding hydrogens is 230 g/mol. The SMILES string of the molecule is CCOCCCc1nc(SCC(=O)O)n[nH]1. The summed E-state index contributed by atoms with van der Waals surface area (Å²) < 4.78 is 5.20. The zero-order chi connectivity index (χ0) is 11.8. The third-order valence-corrected chi connectivity index (χ3v) is 2.57. The molecule has 2 N–H and O–H groups in total. The Morgan fingerprint density at radius 3 is 3.12 bits per heavy atom. The van der Waals surface area contributed by atoms with Crippen LogP contribution in [0.3, 0.4) is 0 Å². The fourth-order valence-corrected chi connectivity index (χ4v) is 1.60. The highest BCUT2D eigenvalue weighted by Gasteiger charge is 2.05. The van der Waals surface area contributed by atoms with Crippen molar-refractivity contribution in [3.05, 3.63) is 5.82 Å². The van der Waals surface area contributed by atoms with Crippen molar-refractivity contribution in [1.29, 1.82) is 0 Å². The lowest BCUT2D eigenvalue weighted by molar-refractivity contribution is -0.133. The number of nitrogens with one attached hydrogen (secondary N) is 1. The number of rotatable bonds is 8. The number of carboxylic acids is 1. The van der Waals surface area contributed by atoms with Crippen LogP contribution in [-0.2, 0) is 16.0 Å². The molecule has 0 bridgehead atoms. The Bertz CT molecular complexity index is 330. The number of aromatic nitrogens is 3. The zero-order valence-electron chi connectivity index (χ0n) is 9.10. The van der Waals surface area contributed by atoms with Gasteiger partial charge in [-0.25, -0.2) is 4.98 Å². The van der Waals surface area contributed by atoms with Crippen LogP contribution in [-0.4, -0.2) is 45.2 Å². The van der Waals surface area contributed by atoms with Crippen LogP contribution in [0.4, 0.5) is 0 Å². The fourth-order valence-electron chi connectivity index (χ4n) is 1.07. The maximum atomic E-state index is 10.3. The Balaban J connectivity index is 2.25. The van der Waals surface area contributed by atoms with Gasteiger partial charge in [-0.15, -0.1) is 5.10 Å². The van der Waals surface area contributed by atoms with Crippen molar-refractivity contribution in [3.8, 4) is 0 Å². The molecule has 1 aromatic rings. The van der Waals surface area contributed by atoms with Crippen molar-refractivity contribution in [2.75, 3.05) is 19.0 Å². The minimum atomic E-state index is -0.868. The average molecular weight is 245 g/mol. The lowest BCUT2D eigenvalue weighted by atomic mass is 10.3. The monoisotopic (exact) mass is 245 g/mol. The third kappa shape index (κ3) is 5.13. The predicted molar refractivity (Wildman–Crippen MR) is 59.6 cm³/mol. The van der Waals surface area contributed by atoms with Crippen LogP contribution in [0.2, 0.25) is 0 Å². The van der Waals surface area contributed by atoms with Crippen LogP contribution in [0.5, 0.6) is 0 Å². The van der Waals surface area contributed by atoms with E-state index in [1.807, 2.05) is 6.92 Å². The normalized spacial score (nSPS) is 10.6. The first kappa shape index (κ1) is 13.0. The highest BCUT2D eigenvalue weighted by molar-refractivity contribution is 7.99. The van der Waals surface area contributed by atoms with Crippen molar-refractivity contribution in [2.24, 2.45) is 0 Å². The second-order valence-corrected chi connectivity index (χ2v) is 3.99. The molecule has 0 atom stereocenters. The fraction of sp³-hybridized carbons (Fsp3) is 0.667. The van der Waals surface area contributed by atoms with Crippen LogP contribution in [0.1, 0.15) is 19.2 Å². The van der Waals surface area contributed by atoms with Crippen LogP contribution in [0.15, 0.2) is 5.16 Å². The summed E-state index contributed by atoms with van der Waals surface area (Å²) in [6.45, 7) is 3.38. The summed E-state index contributed by atoms with van der Waals surface area (Å²) in [5.74, 6) is -0.115. The van der Waals surface area contributed by atoms with E-state index in [2.05, 4.69) is 15.2 Å². The van der Waals surface area contributed by atoms with E-state index in [0.29, 0.717) is 11.8 Å².